The van der Waals surface area contributed by atoms with Crippen molar-refractivity contribution < 1.29 is 9.84 Å². The fraction of sp³-hybridized carbons (Fsp3) is 0.500. The van der Waals surface area contributed by atoms with Gasteiger partial charge in [0.2, 0.25) is 0 Å². The molecule has 14 heavy (non-hydrogen) atoms. The molecule has 3 N–H and O–H groups in total. The van der Waals surface area contributed by atoms with Crippen LogP contribution in [0.1, 0.15) is 5.56 Å². The largest absolute Gasteiger partial charge is 0.391 e. The zero-order valence-electron chi connectivity index (χ0n) is 7.89. The van der Waals surface area contributed by atoms with Crippen LogP contribution < -0.4 is 5.73 Å². The van der Waals surface area contributed by atoms with Crippen LogP contribution in [0.4, 0.5) is 0 Å². The third kappa shape index (κ3) is 1.32. The van der Waals surface area contributed by atoms with Crippen LogP contribution in [-0.2, 0) is 10.2 Å². The van der Waals surface area contributed by atoms with E-state index in [1.807, 2.05) is 12.1 Å². The van der Waals surface area contributed by atoms with Gasteiger partial charge in [-0.2, -0.15) is 0 Å². The van der Waals surface area contributed by atoms with Crippen LogP contribution in [0.25, 0.3) is 0 Å². The van der Waals surface area contributed by atoms with Gasteiger partial charge in [-0.3, -0.25) is 4.98 Å². The normalized spacial score (nSPS) is 21.3. The zero-order valence-corrected chi connectivity index (χ0v) is 7.89. The van der Waals surface area contributed by atoms with Gasteiger partial charge in [0.25, 0.3) is 0 Å². The highest BCUT2D eigenvalue weighted by Gasteiger charge is 2.46. The number of nitrogens with two attached hydrogens (primary N) is 1. The van der Waals surface area contributed by atoms with E-state index in [4.69, 9.17) is 10.5 Å². The van der Waals surface area contributed by atoms with Crippen molar-refractivity contribution >= 4 is 0 Å². The quantitative estimate of drug-likeness (QED) is 0.691. The van der Waals surface area contributed by atoms with Gasteiger partial charge in [0.1, 0.15) is 0 Å². The van der Waals surface area contributed by atoms with Gasteiger partial charge < -0.3 is 15.6 Å². The van der Waals surface area contributed by atoms with Crippen LogP contribution in [-0.4, -0.2) is 36.0 Å². The summed E-state index contributed by atoms with van der Waals surface area (Å²) >= 11 is 0. The Bertz CT molecular complexity index is 298. The van der Waals surface area contributed by atoms with Crippen LogP contribution in [0.2, 0.25) is 0 Å². The zero-order chi connectivity index (χ0) is 10.0. The number of aliphatic hydroxyl groups excluding tert-OH is 1. The van der Waals surface area contributed by atoms with Gasteiger partial charge in [0.05, 0.1) is 24.7 Å². The van der Waals surface area contributed by atoms with Crippen molar-refractivity contribution in [2.45, 2.75) is 11.5 Å². The Kier molecular flexibility index (Phi) is 2.50. The second-order valence-corrected chi connectivity index (χ2v) is 3.64. The van der Waals surface area contributed by atoms with Gasteiger partial charge in [0.15, 0.2) is 0 Å². The lowest BCUT2D eigenvalue weighted by Crippen LogP contribution is -2.57. The lowest BCUT2D eigenvalue weighted by Gasteiger charge is -2.44. The van der Waals surface area contributed by atoms with Crippen molar-refractivity contribution in [2.24, 2.45) is 5.73 Å². The van der Waals surface area contributed by atoms with E-state index < -0.39 is 6.10 Å². The highest BCUT2D eigenvalue weighted by molar-refractivity contribution is 5.27. The van der Waals surface area contributed by atoms with Crippen molar-refractivity contribution in [3.05, 3.63) is 30.1 Å². The second-order valence-electron chi connectivity index (χ2n) is 3.64. The van der Waals surface area contributed by atoms with Crippen LogP contribution in [0.5, 0.6) is 0 Å². The molecule has 2 rings (SSSR count). The average molecular weight is 194 g/mol. The predicted molar refractivity (Wildman–Crippen MR) is 51.8 cm³/mol. The monoisotopic (exact) mass is 194 g/mol. The number of aromatic nitrogens is 1. The standard InChI is InChI=1S/C10H14N2O2/c11-4-9(13)10(6-14-7-10)8-2-1-3-12-5-8/h1-3,5,9,13H,4,6-7,11H2. The number of rotatable bonds is 3. The number of pyridine rings is 1. The Morgan fingerprint density at radius 3 is 2.86 bits per heavy atom. The summed E-state index contributed by atoms with van der Waals surface area (Å²) in [6.45, 7) is 1.30. The van der Waals surface area contributed by atoms with Crippen molar-refractivity contribution in [3.63, 3.8) is 0 Å². The highest BCUT2D eigenvalue weighted by atomic mass is 16.5. The molecular weight excluding hydrogens is 180 g/mol. The number of hydrogen-bond acceptors (Lipinski definition) is 4. The smallest absolute Gasteiger partial charge is 0.0804 e. The third-order valence-electron chi connectivity index (χ3n) is 2.82. The first-order chi connectivity index (χ1) is 6.79. The first-order valence-corrected chi connectivity index (χ1v) is 4.66. The van der Waals surface area contributed by atoms with E-state index in [0.29, 0.717) is 13.2 Å². The van der Waals surface area contributed by atoms with Crippen LogP contribution in [0.3, 0.4) is 0 Å². The molecule has 4 heteroatoms. The molecule has 0 radical (unpaired) electrons. The summed E-state index contributed by atoms with van der Waals surface area (Å²) < 4.78 is 5.17. The molecule has 0 amide bonds. The Morgan fingerprint density at radius 1 is 1.64 bits per heavy atom. The molecule has 1 aliphatic rings. The van der Waals surface area contributed by atoms with Crippen molar-refractivity contribution in [2.75, 3.05) is 19.8 Å². The van der Waals surface area contributed by atoms with E-state index >= 15 is 0 Å². The van der Waals surface area contributed by atoms with E-state index in [9.17, 15) is 5.11 Å². The maximum absolute atomic E-state index is 9.85. The summed E-state index contributed by atoms with van der Waals surface area (Å²) in [6, 6.07) is 3.81. The molecule has 0 bridgehead atoms. The van der Waals surface area contributed by atoms with Gasteiger partial charge >= 0.3 is 0 Å². The van der Waals surface area contributed by atoms with Crippen LogP contribution in [0.15, 0.2) is 24.5 Å². The lowest BCUT2D eigenvalue weighted by atomic mass is 9.74. The minimum absolute atomic E-state index is 0.248. The first kappa shape index (κ1) is 9.58. The maximum atomic E-state index is 9.85. The average Bonchev–Trinajstić information content (AvgIpc) is 2.17. The SMILES string of the molecule is NCC(O)C1(c2cccnc2)COC1. The van der Waals surface area contributed by atoms with E-state index in [0.717, 1.165) is 5.56 Å². The van der Waals surface area contributed by atoms with Gasteiger partial charge in [-0.05, 0) is 11.6 Å². The van der Waals surface area contributed by atoms with Gasteiger partial charge in [-0.1, -0.05) is 6.07 Å². The topological polar surface area (TPSA) is 68.4 Å². The first-order valence-electron chi connectivity index (χ1n) is 4.66. The molecule has 0 aliphatic carbocycles. The summed E-state index contributed by atoms with van der Waals surface area (Å²) in [7, 11) is 0. The molecule has 1 atom stereocenters. The Hall–Kier alpha value is -0.970. The molecule has 1 aliphatic heterocycles. The Balaban J connectivity index is 2.29. The highest BCUT2D eigenvalue weighted by Crippen LogP contribution is 2.34. The third-order valence-corrected chi connectivity index (χ3v) is 2.82. The maximum Gasteiger partial charge on any atom is 0.0804 e. The molecule has 1 fully saturated rings. The Labute approximate surface area is 82.7 Å². The lowest BCUT2D eigenvalue weighted by molar-refractivity contribution is -0.116. The molecule has 0 saturated carbocycles. The number of aliphatic hydroxyl groups is 1. The van der Waals surface area contributed by atoms with Gasteiger partial charge in [-0.15, -0.1) is 0 Å². The van der Waals surface area contributed by atoms with Crippen molar-refractivity contribution in [1.82, 2.24) is 4.98 Å². The molecule has 4 nitrogen and oxygen atoms in total. The molecular formula is C10H14N2O2. The van der Waals surface area contributed by atoms with Crippen LogP contribution in [0, 0.1) is 0 Å². The van der Waals surface area contributed by atoms with E-state index in [1.54, 1.807) is 12.4 Å². The summed E-state index contributed by atoms with van der Waals surface area (Å²) in [5, 5.41) is 9.85. The van der Waals surface area contributed by atoms with Gasteiger partial charge in [-0.25, -0.2) is 0 Å². The molecule has 1 aromatic heterocycles. The van der Waals surface area contributed by atoms with Crippen molar-refractivity contribution in [1.29, 1.82) is 0 Å². The predicted octanol–water partition coefficient (Wildman–Crippen LogP) is -0.331. The summed E-state index contributed by atoms with van der Waals surface area (Å²) in [5.74, 6) is 0. The molecule has 0 aromatic carbocycles. The summed E-state index contributed by atoms with van der Waals surface area (Å²) in [6.07, 6.45) is 2.92. The molecule has 2 heterocycles. The number of nitrogens with zero attached hydrogens (tertiary/aromatic N) is 1. The van der Waals surface area contributed by atoms with Crippen molar-refractivity contribution in [3.8, 4) is 0 Å². The van der Waals surface area contributed by atoms with Crippen LogP contribution >= 0.6 is 0 Å². The fourth-order valence-electron chi connectivity index (χ4n) is 1.76. The summed E-state index contributed by atoms with van der Waals surface area (Å²) in [4.78, 5) is 4.04. The molecule has 76 valence electrons. The van der Waals surface area contributed by atoms with E-state index in [-0.39, 0.29) is 12.0 Å². The van der Waals surface area contributed by atoms with Gasteiger partial charge in [0, 0.05) is 18.9 Å². The molecule has 1 aromatic rings. The van der Waals surface area contributed by atoms with E-state index in [1.165, 1.54) is 0 Å². The number of ether oxygens (including phenoxy) is 1. The fourth-order valence-corrected chi connectivity index (χ4v) is 1.76. The second kappa shape index (κ2) is 3.65. The molecule has 1 unspecified atom stereocenters. The minimum Gasteiger partial charge on any atom is -0.391 e. The molecule has 0 spiro atoms. The summed E-state index contributed by atoms with van der Waals surface area (Å²) in [5.41, 5.74) is 6.15. The minimum atomic E-state index is -0.555. The number of hydrogen-bond donors (Lipinski definition) is 2. The van der Waals surface area contributed by atoms with E-state index in [2.05, 4.69) is 4.98 Å². The molecule has 1 saturated heterocycles. The Morgan fingerprint density at radius 2 is 2.43 bits per heavy atom.